The Morgan fingerprint density at radius 1 is 1.04 bits per heavy atom. The van der Waals surface area contributed by atoms with Gasteiger partial charge in [-0.3, -0.25) is 24.0 Å². The SMILES string of the molecule is CC[C@@H](C(=O)NC1CCCC1)N(CCc1ccccc1)C(=O)CN(c1ccc(OC)cc1)S(=O)(=O)c1ccc(C)c([N+](=O)[O-])c1. The molecule has 0 bridgehead atoms. The van der Waals surface area contributed by atoms with Gasteiger partial charge in [0.1, 0.15) is 18.3 Å². The van der Waals surface area contributed by atoms with E-state index in [9.17, 15) is 28.1 Å². The Morgan fingerprint density at radius 2 is 1.71 bits per heavy atom. The standard InChI is InChI=1S/C33H40N4O7S/c1-4-30(33(39)34-26-12-8-9-13-26)35(21-20-25-10-6-5-7-11-25)32(38)23-36(27-15-17-28(44-3)18-16-27)45(42,43)29-19-14-24(2)31(22-29)37(40)41/h5-7,10-11,14-19,22,26,30H,4,8-9,12-13,20-21,23H2,1-3H3,(H,34,39)/t30-/m0/s1. The number of carbonyl (C=O) groups is 2. The Hall–Kier alpha value is -4.45. The first kappa shape index (κ1) is 33.4. The summed E-state index contributed by atoms with van der Waals surface area (Å²) in [5, 5.41) is 14.7. The summed E-state index contributed by atoms with van der Waals surface area (Å²) in [5.41, 5.74) is 1.08. The lowest BCUT2D eigenvalue weighted by atomic mass is 10.1. The first-order valence-electron chi connectivity index (χ1n) is 15.1. The number of nitro groups is 1. The Morgan fingerprint density at radius 3 is 2.31 bits per heavy atom. The zero-order valence-corrected chi connectivity index (χ0v) is 26.7. The van der Waals surface area contributed by atoms with Crippen molar-refractivity contribution in [2.75, 3.05) is 24.5 Å². The molecule has 1 saturated carbocycles. The van der Waals surface area contributed by atoms with Gasteiger partial charge >= 0.3 is 0 Å². The minimum atomic E-state index is -4.47. The van der Waals surface area contributed by atoms with Gasteiger partial charge in [-0.25, -0.2) is 8.42 Å². The van der Waals surface area contributed by atoms with E-state index in [0.717, 1.165) is 41.6 Å². The Bertz CT molecular complexity index is 1590. The fourth-order valence-electron chi connectivity index (χ4n) is 5.61. The molecule has 1 aliphatic carbocycles. The summed E-state index contributed by atoms with van der Waals surface area (Å²) in [6.45, 7) is 2.90. The van der Waals surface area contributed by atoms with E-state index in [1.807, 2.05) is 37.3 Å². The second kappa shape index (κ2) is 15.0. The summed E-state index contributed by atoms with van der Waals surface area (Å²) in [5.74, 6) is -0.355. The third-order valence-corrected chi connectivity index (χ3v) is 9.95. The largest absolute Gasteiger partial charge is 0.497 e. The van der Waals surface area contributed by atoms with Crippen LogP contribution in [0.25, 0.3) is 0 Å². The molecule has 1 fully saturated rings. The summed E-state index contributed by atoms with van der Waals surface area (Å²) < 4.78 is 34.4. The molecular weight excluding hydrogens is 596 g/mol. The van der Waals surface area contributed by atoms with Crippen molar-refractivity contribution in [3.05, 3.63) is 94.0 Å². The number of nitro benzene ring substituents is 1. The molecule has 0 heterocycles. The predicted molar refractivity (Wildman–Crippen MR) is 172 cm³/mol. The minimum Gasteiger partial charge on any atom is -0.497 e. The van der Waals surface area contributed by atoms with Gasteiger partial charge in [0.25, 0.3) is 15.7 Å². The van der Waals surface area contributed by atoms with Gasteiger partial charge < -0.3 is 15.0 Å². The normalized spacial score (nSPS) is 14.0. The quantitative estimate of drug-likeness (QED) is 0.194. The van der Waals surface area contributed by atoms with E-state index in [4.69, 9.17) is 4.74 Å². The van der Waals surface area contributed by atoms with Gasteiger partial charge in [0, 0.05) is 24.2 Å². The number of anilines is 1. The second-order valence-corrected chi connectivity index (χ2v) is 13.0. The molecule has 0 saturated heterocycles. The first-order chi connectivity index (χ1) is 21.5. The maximum absolute atomic E-state index is 14.2. The van der Waals surface area contributed by atoms with E-state index in [0.29, 0.717) is 24.2 Å². The number of amides is 2. The zero-order chi connectivity index (χ0) is 32.6. The highest BCUT2D eigenvalue weighted by atomic mass is 32.2. The van der Waals surface area contributed by atoms with Gasteiger partial charge in [-0.2, -0.15) is 0 Å². The lowest BCUT2D eigenvalue weighted by Crippen LogP contribution is -2.54. The number of ether oxygens (including phenoxy) is 1. The zero-order valence-electron chi connectivity index (χ0n) is 25.8. The van der Waals surface area contributed by atoms with Crippen LogP contribution in [0.3, 0.4) is 0 Å². The maximum atomic E-state index is 14.2. The Kier molecular flexibility index (Phi) is 11.2. The van der Waals surface area contributed by atoms with Crippen molar-refractivity contribution < 1.29 is 27.7 Å². The molecule has 12 heteroatoms. The summed E-state index contributed by atoms with van der Waals surface area (Å²) in [4.78, 5) is 39.9. The van der Waals surface area contributed by atoms with Crippen LogP contribution < -0.4 is 14.4 Å². The molecule has 1 atom stereocenters. The molecule has 3 aromatic carbocycles. The van der Waals surface area contributed by atoms with E-state index in [-0.39, 0.29) is 34.8 Å². The van der Waals surface area contributed by atoms with Crippen LogP contribution in [-0.4, -0.2) is 62.3 Å². The van der Waals surface area contributed by atoms with Crippen molar-refractivity contribution >= 4 is 33.2 Å². The number of benzene rings is 3. The van der Waals surface area contributed by atoms with Gasteiger partial charge in [-0.15, -0.1) is 0 Å². The number of hydrogen-bond donors (Lipinski definition) is 1. The lowest BCUT2D eigenvalue weighted by molar-refractivity contribution is -0.385. The van der Waals surface area contributed by atoms with Crippen LogP contribution in [0.15, 0.2) is 77.7 Å². The Balaban J connectivity index is 1.72. The van der Waals surface area contributed by atoms with Crippen LogP contribution in [0.5, 0.6) is 5.75 Å². The van der Waals surface area contributed by atoms with Gasteiger partial charge in [-0.05, 0) is 68.5 Å². The van der Waals surface area contributed by atoms with E-state index in [1.54, 1.807) is 12.1 Å². The van der Waals surface area contributed by atoms with Crippen LogP contribution in [0, 0.1) is 17.0 Å². The molecule has 0 radical (unpaired) electrons. The number of nitrogens with one attached hydrogen (secondary N) is 1. The molecule has 3 aromatic rings. The molecule has 240 valence electrons. The molecule has 45 heavy (non-hydrogen) atoms. The minimum absolute atomic E-state index is 0.0473. The highest BCUT2D eigenvalue weighted by molar-refractivity contribution is 7.92. The van der Waals surface area contributed by atoms with Crippen molar-refractivity contribution in [3.8, 4) is 5.75 Å². The molecule has 0 aliphatic heterocycles. The lowest BCUT2D eigenvalue weighted by Gasteiger charge is -2.33. The molecule has 0 spiro atoms. The van der Waals surface area contributed by atoms with Gasteiger partial charge in [0.15, 0.2) is 0 Å². The average Bonchev–Trinajstić information content (AvgIpc) is 3.55. The van der Waals surface area contributed by atoms with Crippen LogP contribution >= 0.6 is 0 Å². The number of carbonyl (C=O) groups excluding carboxylic acids is 2. The molecule has 0 aromatic heterocycles. The van der Waals surface area contributed by atoms with E-state index in [1.165, 1.54) is 43.2 Å². The number of aryl methyl sites for hydroxylation is 1. The number of hydrogen-bond acceptors (Lipinski definition) is 7. The Labute approximate surface area is 264 Å². The van der Waals surface area contributed by atoms with Gasteiger partial charge in [0.05, 0.1) is 22.6 Å². The van der Waals surface area contributed by atoms with Crippen LogP contribution in [-0.2, 0) is 26.0 Å². The second-order valence-electron chi connectivity index (χ2n) is 11.2. The highest BCUT2D eigenvalue weighted by Gasteiger charge is 2.35. The maximum Gasteiger partial charge on any atom is 0.273 e. The van der Waals surface area contributed by atoms with Crippen LogP contribution in [0.4, 0.5) is 11.4 Å². The summed E-state index contributed by atoms with van der Waals surface area (Å²) in [7, 11) is -3.00. The monoisotopic (exact) mass is 636 g/mol. The van der Waals surface area contributed by atoms with Crippen molar-refractivity contribution in [2.45, 2.75) is 69.4 Å². The van der Waals surface area contributed by atoms with Crippen LogP contribution in [0.1, 0.15) is 50.2 Å². The molecular formula is C33H40N4O7S. The van der Waals surface area contributed by atoms with Crippen molar-refractivity contribution in [3.63, 3.8) is 0 Å². The predicted octanol–water partition coefficient (Wildman–Crippen LogP) is 5.02. The highest BCUT2D eigenvalue weighted by Crippen LogP contribution is 2.29. The molecule has 1 N–H and O–H groups in total. The topological polar surface area (TPSA) is 139 Å². The number of sulfonamides is 1. The number of rotatable bonds is 14. The van der Waals surface area contributed by atoms with Crippen LogP contribution in [0.2, 0.25) is 0 Å². The number of methoxy groups -OCH3 is 1. The summed E-state index contributed by atoms with van der Waals surface area (Å²) in [6.07, 6.45) is 4.62. The molecule has 2 amide bonds. The van der Waals surface area contributed by atoms with E-state index >= 15 is 0 Å². The van der Waals surface area contributed by atoms with Gasteiger partial charge in [-0.1, -0.05) is 56.2 Å². The summed E-state index contributed by atoms with van der Waals surface area (Å²) in [6, 6.07) is 18.6. The van der Waals surface area contributed by atoms with E-state index < -0.39 is 33.4 Å². The fraction of sp³-hybridized carbons (Fsp3) is 0.394. The molecule has 11 nitrogen and oxygen atoms in total. The first-order valence-corrected chi connectivity index (χ1v) is 16.5. The van der Waals surface area contributed by atoms with E-state index in [2.05, 4.69) is 5.32 Å². The average molecular weight is 637 g/mol. The molecule has 0 unspecified atom stereocenters. The summed E-state index contributed by atoms with van der Waals surface area (Å²) >= 11 is 0. The fourth-order valence-corrected chi connectivity index (χ4v) is 7.05. The van der Waals surface area contributed by atoms with Crippen molar-refractivity contribution in [2.24, 2.45) is 0 Å². The number of nitrogens with zero attached hydrogens (tertiary/aromatic N) is 3. The molecule has 1 aliphatic rings. The smallest absolute Gasteiger partial charge is 0.273 e. The third-order valence-electron chi connectivity index (χ3n) is 8.18. The van der Waals surface area contributed by atoms with Crippen molar-refractivity contribution in [1.82, 2.24) is 10.2 Å². The third kappa shape index (κ3) is 8.18. The molecule has 4 rings (SSSR count). The van der Waals surface area contributed by atoms with Crippen molar-refractivity contribution in [1.29, 1.82) is 0 Å². The van der Waals surface area contributed by atoms with Gasteiger partial charge in [0.2, 0.25) is 11.8 Å².